The molecule has 0 saturated carbocycles. The van der Waals surface area contributed by atoms with Gasteiger partial charge in [0, 0.05) is 11.4 Å². The summed E-state index contributed by atoms with van der Waals surface area (Å²) < 4.78 is 0. The summed E-state index contributed by atoms with van der Waals surface area (Å²) in [5, 5.41) is 28.7. The molecule has 0 bridgehead atoms. The second-order valence-electron chi connectivity index (χ2n) is 4.90. The van der Waals surface area contributed by atoms with E-state index in [1.54, 1.807) is 6.20 Å². The lowest BCUT2D eigenvalue weighted by Gasteiger charge is -2.25. The van der Waals surface area contributed by atoms with Gasteiger partial charge in [0.2, 0.25) is 0 Å². The number of aromatic amines is 1. The molecule has 0 radical (unpaired) electrons. The number of pyridine rings is 1. The second-order valence-corrected chi connectivity index (χ2v) is 4.90. The molecule has 0 spiro atoms. The summed E-state index contributed by atoms with van der Waals surface area (Å²) in [5.41, 5.74) is 4.78. The lowest BCUT2D eigenvalue weighted by molar-refractivity contribution is 0.799. The van der Waals surface area contributed by atoms with E-state index in [2.05, 4.69) is 32.6 Å². The Kier molecular flexibility index (Phi) is 2.93. The number of hydrogen-bond donors (Lipinski definition) is 2. The van der Waals surface area contributed by atoms with Gasteiger partial charge in [-0.3, -0.25) is 5.10 Å². The van der Waals surface area contributed by atoms with E-state index in [0.29, 0.717) is 16.8 Å². The first-order valence-corrected chi connectivity index (χ1v) is 6.44. The van der Waals surface area contributed by atoms with E-state index in [0.717, 1.165) is 22.4 Å². The molecule has 21 heavy (non-hydrogen) atoms. The summed E-state index contributed by atoms with van der Waals surface area (Å²) in [4.78, 5) is 4.53. The summed E-state index contributed by atoms with van der Waals surface area (Å²) in [6.07, 6.45) is 1.63. The maximum atomic E-state index is 9.44. The van der Waals surface area contributed by atoms with Crippen LogP contribution in [-0.2, 0) is 0 Å². The van der Waals surface area contributed by atoms with Crippen molar-refractivity contribution in [1.82, 2.24) is 20.5 Å². The van der Waals surface area contributed by atoms with Crippen LogP contribution in [0.5, 0.6) is 0 Å². The van der Waals surface area contributed by atoms with Crippen LogP contribution in [0.1, 0.15) is 25.5 Å². The SMILES string of the molecule is CC1=C(C#N)C(c2ccc3[nH]ncc3n2)C(C#N)=C(C)N1. The Bertz CT molecular complexity index is 835. The Balaban J connectivity index is 2.22. The van der Waals surface area contributed by atoms with E-state index in [1.807, 2.05) is 26.0 Å². The first kappa shape index (κ1) is 12.9. The van der Waals surface area contributed by atoms with Crippen LogP contribution in [0.15, 0.2) is 40.9 Å². The van der Waals surface area contributed by atoms with Gasteiger partial charge in [-0.2, -0.15) is 15.6 Å². The molecule has 0 amide bonds. The quantitative estimate of drug-likeness (QED) is 0.831. The Morgan fingerprint density at radius 1 is 1.10 bits per heavy atom. The molecule has 6 nitrogen and oxygen atoms in total. The van der Waals surface area contributed by atoms with Crippen LogP contribution in [0.2, 0.25) is 0 Å². The average Bonchev–Trinajstić information content (AvgIpc) is 2.93. The van der Waals surface area contributed by atoms with Gasteiger partial charge in [-0.1, -0.05) is 0 Å². The minimum absolute atomic E-state index is 0.430. The topological polar surface area (TPSA) is 101 Å². The van der Waals surface area contributed by atoms with Gasteiger partial charge < -0.3 is 5.32 Å². The van der Waals surface area contributed by atoms with Crippen LogP contribution in [0.3, 0.4) is 0 Å². The number of rotatable bonds is 1. The number of nitriles is 2. The van der Waals surface area contributed by atoms with E-state index < -0.39 is 5.92 Å². The summed E-state index contributed by atoms with van der Waals surface area (Å²) >= 11 is 0. The number of nitrogens with zero attached hydrogens (tertiary/aromatic N) is 4. The van der Waals surface area contributed by atoms with Crippen molar-refractivity contribution >= 4 is 11.0 Å². The molecule has 0 saturated heterocycles. The van der Waals surface area contributed by atoms with Gasteiger partial charge in [0.15, 0.2) is 0 Å². The number of fused-ring (bicyclic) bond motifs is 1. The molecular weight excluding hydrogens is 264 g/mol. The third kappa shape index (κ3) is 1.94. The third-order valence-electron chi connectivity index (χ3n) is 3.62. The third-order valence-corrected chi connectivity index (χ3v) is 3.62. The number of aromatic nitrogens is 3. The highest BCUT2D eigenvalue weighted by Gasteiger charge is 2.30. The summed E-state index contributed by atoms with van der Waals surface area (Å²) in [6, 6.07) is 8.08. The first-order chi connectivity index (χ1) is 10.2. The summed E-state index contributed by atoms with van der Waals surface area (Å²) in [7, 11) is 0. The van der Waals surface area contributed by atoms with Gasteiger partial charge in [0.1, 0.15) is 5.52 Å². The zero-order chi connectivity index (χ0) is 15.0. The van der Waals surface area contributed by atoms with Crippen molar-refractivity contribution in [3.05, 3.63) is 46.6 Å². The zero-order valence-corrected chi connectivity index (χ0v) is 11.6. The molecule has 102 valence electrons. The normalized spacial score (nSPS) is 15.8. The van der Waals surface area contributed by atoms with Gasteiger partial charge in [0.25, 0.3) is 0 Å². The summed E-state index contributed by atoms with van der Waals surface area (Å²) in [5.74, 6) is -0.430. The van der Waals surface area contributed by atoms with Crippen molar-refractivity contribution in [3.63, 3.8) is 0 Å². The van der Waals surface area contributed by atoms with Crippen LogP contribution in [0.4, 0.5) is 0 Å². The molecule has 1 aliphatic heterocycles. The van der Waals surface area contributed by atoms with E-state index >= 15 is 0 Å². The zero-order valence-electron chi connectivity index (χ0n) is 11.6. The maximum Gasteiger partial charge on any atom is 0.108 e. The molecule has 2 aromatic heterocycles. The Labute approximate surface area is 121 Å². The predicted octanol–water partition coefficient (Wildman–Crippen LogP) is 2.24. The van der Waals surface area contributed by atoms with Crippen LogP contribution < -0.4 is 5.32 Å². The van der Waals surface area contributed by atoms with Gasteiger partial charge in [0.05, 0.1) is 46.6 Å². The smallest absolute Gasteiger partial charge is 0.108 e. The number of allylic oxidation sites excluding steroid dienone is 4. The fourth-order valence-electron chi connectivity index (χ4n) is 2.59. The van der Waals surface area contributed by atoms with Crippen molar-refractivity contribution < 1.29 is 0 Å². The molecule has 0 aliphatic carbocycles. The lowest BCUT2D eigenvalue weighted by atomic mass is 9.84. The van der Waals surface area contributed by atoms with Crippen molar-refractivity contribution in [2.24, 2.45) is 0 Å². The van der Waals surface area contributed by atoms with Crippen LogP contribution in [0, 0.1) is 22.7 Å². The van der Waals surface area contributed by atoms with Gasteiger partial charge in [-0.05, 0) is 26.0 Å². The molecule has 2 aromatic rings. The van der Waals surface area contributed by atoms with Gasteiger partial charge in [-0.15, -0.1) is 0 Å². The Hall–Kier alpha value is -3.12. The molecule has 3 heterocycles. The highest BCUT2D eigenvalue weighted by molar-refractivity contribution is 5.73. The molecule has 2 N–H and O–H groups in total. The van der Waals surface area contributed by atoms with Crippen molar-refractivity contribution in [2.45, 2.75) is 19.8 Å². The van der Waals surface area contributed by atoms with Crippen LogP contribution in [0.25, 0.3) is 11.0 Å². The lowest BCUT2D eigenvalue weighted by Crippen LogP contribution is -2.23. The van der Waals surface area contributed by atoms with E-state index in [1.165, 1.54) is 0 Å². The minimum Gasteiger partial charge on any atom is -0.361 e. The Morgan fingerprint density at radius 3 is 2.38 bits per heavy atom. The Morgan fingerprint density at radius 2 is 1.76 bits per heavy atom. The van der Waals surface area contributed by atoms with Gasteiger partial charge in [-0.25, -0.2) is 4.98 Å². The number of H-pyrrole nitrogens is 1. The van der Waals surface area contributed by atoms with E-state index in [9.17, 15) is 10.5 Å². The highest BCUT2D eigenvalue weighted by atomic mass is 15.1. The minimum atomic E-state index is -0.430. The molecule has 0 atom stereocenters. The molecule has 0 aromatic carbocycles. The van der Waals surface area contributed by atoms with Crippen molar-refractivity contribution in [2.75, 3.05) is 0 Å². The highest BCUT2D eigenvalue weighted by Crippen LogP contribution is 2.36. The van der Waals surface area contributed by atoms with Crippen molar-refractivity contribution in [1.29, 1.82) is 10.5 Å². The van der Waals surface area contributed by atoms with Crippen molar-refractivity contribution in [3.8, 4) is 12.1 Å². The standard InChI is InChI=1S/C15H12N6/c1-8-10(5-16)15(11(6-17)9(2)19-8)13-4-3-12-14(20-13)7-18-21-12/h3-4,7,15,19H,1-2H3,(H,18,21). The number of nitrogens with one attached hydrogen (secondary N) is 2. The molecule has 6 heteroatoms. The first-order valence-electron chi connectivity index (χ1n) is 6.44. The maximum absolute atomic E-state index is 9.44. The monoisotopic (exact) mass is 276 g/mol. The molecule has 1 aliphatic rings. The molecule has 0 fully saturated rings. The predicted molar refractivity (Wildman–Crippen MR) is 76.4 cm³/mol. The fraction of sp³-hybridized carbons (Fsp3) is 0.200. The second kappa shape index (κ2) is 4.77. The van der Waals surface area contributed by atoms with E-state index in [-0.39, 0.29) is 0 Å². The fourth-order valence-corrected chi connectivity index (χ4v) is 2.59. The number of dihydropyridines is 1. The van der Waals surface area contributed by atoms with Crippen LogP contribution in [-0.4, -0.2) is 15.2 Å². The average molecular weight is 276 g/mol. The molecular formula is C15H12N6. The summed E-state index contributed by atoms with van der Waals surface area (Å²) in [6.45, 7) is 3.67. The van der Waals surface area contributed by atoms with Crippen LogP contribution >= 0.6 is 0 Å². The largest absolute Gasteiger partial charge is 0.361 e. The molecule has 0 unspecified atom stereocenters. The van der Waals surface area contributed by atoms with E-state index in [4.69, 9.17) is 0 Å². The number of hydrogen-bond acceptors (Lipinski definition) is 5. The molecule has 3 rings (SSSR count). The van der Waals surface area contributed by atoms with Gasteiger partial charge >= 0.3 is 0 Å².